The summed E-state index contributed by atoms with van der Waals surface area (Å²) >= 11 is 0. The second-order valence-corrected chi connectivity index (χ2v) is 9.44. The lowest BCUT2D eigenvalue weighted by Crippen LogP contribution is -2.37. The van der Waals surface area contributed by atoms with Crippen molar-refractivity contribution in [3.63, 3.8) is 0 Å². The predicted molar refractivity (Wildman–Crippen MR) is 129 cm³/mol. The molecule has 1 saturated carbocycles. The highest BCUT2D eigenvalue weighted by Crippen LogP contribution is 2.36. The second-order valence-electron chi connectivity index (χ2n) is 9.44. The number of aliphatic hydroxyl groups is 1. The summed E-state index contributed by atoms with van der Waals surface area (Å²) in [5.41, 5.74) is 1.38. The first-order chi connectivity index (χ1) is 15.8. The average molecular weight is 462 g/mol. The molecule has 3 rings (SSSR count). The summed E-state index contributed by atoms with van der Waals surface area (Å²) in [6.07, 6.45) is 5.28. The highest BCUT2D eigenvalue weighted by atomic mass is 16.3. The topological polar surface area (TPSA) is 118 Å². The molecule has 2 heterocycles. The molecule has 33 heavy (non-hydrogen) atoms. The van der Waals surface area contributed by atoms with E-state index < -0.39 is 12.1 Å². The molecule has 1 saturated heterocycles. The Bertz CT molecular complexity index is 906. The van der Waals surface area contributed by atoms with E-state index in [1.54, 1.807) is 7.05 Å². The van der Waals surface area contributed by atoms with E-state index in [1.165, 1.54) is 4.57 Å². The van der Waals surface area contributed by atoms with Crippen LogP contribution in [0.15, 0.2) is 25.3 Å². The molecule has 1 aliphatic heterocycles. The quantitative estimate of drug-likeness (QED) is 0.576. The number of azo groups is 2. The maximum absolute atomic E-state index is 13.4. The fraction of sp³-hybridized carbons (Fsp3) is 0.783. The molecule has 184 valence electrons. The van der Waals surface area contributed by atoms with Crippen molar-refractivity contribution in [2.45, 2.75) is 76.6 Å². The molecule has 3 atom stereocenters. The van der Waals surface area contributed by atoms with Gasteiger partial charge in [0.05, 0.1) is 18.2 Å². The zero-order valence-electron chi connectivity index (χ0n) is 20.4. The van der Waals surface area contributed by atoms with Gasteiger partial charge >= 0.3 is 0 Å². The Hall–Kier alpha value is -2.33. The summed E-state index contributed by atoms with van der Waals surface area (Å²) in [4.78, 5) is 17.6. The Morgan fingerprint density at radius 2 is 1.85 bits per heavy atom. The van der Waals surface area contributed by atoms with Gasteiger partial charge in [-0.3, -0.25) is 9.36 Å². The zero-order valence-corrected chi connectivity index (χ0v) is 20.4. The van der Waals surface area contributed by atoms with E-state index in [2.05, 4.69) is 30.3 Å². The van der Waals surface area contributed by atoms with Crippen LogP contribution in [0.2, 0.25) is 0 Å². The molecule has 10 heteroatoms. The van der Waals surface area contributed by atoms with Crippen molar-refractivity contribution in [1.29, 1.82) is 0 Å². The minimum Gasteiger partial charge on any atom is -0.493 e. The minimum atomic E-state index is -0.605. The lowest BCUT2D eigenvalue weighted by Gasteiger charge is -2.31. The highest BCUT2D eigenvalue weighted by Gasteiger charge is 2.30. The van der Waals surface area contributed by atoms with Crippen LogP contribution in [0.4, 0.5) is 11.4 Å². The molecule has 2 fully saturated rings. The number of aromatic hydroxyl groups is 1. The number of hydrogen-bond donors (Lipinski definition) is 2. The maximum Gasteiger partial charge on any atom is 0.277 e. The average Bonchev–Trinajstić information content (AvgIpc) is 2.78. The van der Waals surface area contributed by atoms with Crippen LogP contribution >= 0.6 is 0 Å². The molecule has 2 N–H and O–H groups in total. The van der Waals surface area contributed by atoms with Gasteiger partial charge in [-0.2, -0.15) is 15.3 Å². The van der Waals surface area contributed by atoms with E-state index >= 15 is 0 Å². The first-order valence-electron chi connectivity index (χ1n) is 12.1. The second kappa shape index (κ2) is 11.7. The molecule has 1 aliphatic carbocycles. The van der Waals surface area contributed by atoms with E-state index in [9.17, 15) is 15.0 Å². The Kier molecular flexibility index (Phi) is 8.96. The first-order valence-corrected chi connectivity index (χ1v) is 12.1. The van der Waals surface area contributed by atoms with E-state index in [0.29, 0.717) is 36.3 Å². The fourth-order valence-electron chi connectivity index (χ4n) is 4.79. The van der Waals surface area contributed by atoms with Crippen molar-refractivity contribution in [1.82, 2.24) is 9.47 Å². The Morgan fingerprint density at radius 1 is 1.12 bits per heavy atom. The van der Waals surface area contributed by atoms with Crippen LogP contribution in [0.5, 0.6) is 5.88 Å². The van der Waals surface area contributed by atoms with Crippen molar-refractivity contribution < 1.29 is 10.2 Å². The van der Waals surface area contributed by atoms with Gasteiger partial charge in [-0.1, -0.05) is 0 Å². The highest BCUT2D eigenvalue weighted by molar-refractivity contribution is 5.67. The molecular weight excluding hydrogens is 422 g/mol. The van der Waals surface area contributed by atoms with Crippen molar-refractivity contribution >= 4 is 11.4 Å². The van der Waals surface area contributed by atoms with Gasteiger partial charge in [0.1, 0.15) is 5.69 Å². The number of nitrogens with zero attached hydrogens (tertiary/aromatic N) is 7. The summed E-state index contributed by atoms with van der Waals surface area (Å²) < 4.78 is 1.43. The molecule has 0 radical (unpaired) electrons. The lowest BCUT2D eigenvalue weighted by molar-refractivity contribution is 0.0988. The molecule has 0 amide bonds. The largest absolute Gasteiger partial charge is 0.493 e. The van der Waals surface area contributed by atoms with E-state index in [4.69, 9.17) is 0 Å². The summed E-state index contributed by atoms with van der Waals surface area (Å²) in [7, 11) is 5.61. The number of anilines is 1. The molecule has 1 aromatic rings. The predicted octanol–water partition coefficient (Wildman–Crippen LogP) is 3.25. The molecule has 0 bridgehead atoms. The van der Waals surface area contributed by atoms with E-state index in [0.717, 1.165) is 51.7 Å². The number of pyridine rings is 1. The summed E-state index contributed by atoms with van der Waals surface area (Å²) in [5, 5.41) is 38.4. The van der Waals surface area contributed by atoms with Crippen LogP contribution < -0.4 is 10.5 Å². The number of hydrogen-bond acceptors (Lipinski definition) is 9. The van der Waals surface area contributed by atoms with Crippen molar-refractivity contribution in [2.24, 2.45) is 20.5 Å². The van der Waals surface area contributed by atoms with Crippen LogP contribution in [-0.2, 0) is 6.54 Å². The smallest absolute Gasteiger partial charge is 0.277 e. The third-order valence-corrected chi connectivity index (χ3v) is 6.62. The van der Waals surface area contributed by atoms with Gasteiger partial charge < -0.3 is 20.0 Å². The van der Waals surface area contributed by atoms with Gasteiger partial charge in [0.25, 0.3) is 5.56 Å². The third-order valence-electron chi connectivity index (χ3n) is 6.62. The van der Waals surface area contributed by atoms with Gasteiger partial charge in [0.2, 0.25) is 5.88 Å². The summed E-state index contributed by atoms with van der Waals surface area (Å²) in [5.74, 6) is -0.157. The molecular formula is C23H39N7O3. The SMILES string of the molecule is CN=NC1CCC(O)C(N=Nc2c(C)c(N3CCCCC3)c(=O)n(CCCN(C)C)c2O)C1. The molecule has 1 aromatic heterocycles. The van der Waals surface area contributed by atoms with Gasteiger partial charge in [-0.25, -0.2) is 0 Å². The monoisotopic (exact) mass is 461 g/mol. The lowest BCUT2D eigenvalue weighted by atomic mass is 9.89. The zero-order chi connectivity index (χ0) is 24.0. The van der Waals surface area contributed by atoms with Crippen LogP contribution in [0.3, 0.4) is 0 Å². The van der Waals surface area contributed by atoms with Crippen LogP contribution in [-0.4, -0.2) is 78.6 Å². The van der Waals surface area contributed by atoms with Gasteiger partial charge in [-0.05, 0) is 72.5 Å². The number of aliphatic hydroxyl groups excluding tert-OH is 1. The molecule has 0 aromatic carbocycles. The molecule has 0 spiro atoms. The number of rotatable bonds is 8. The Balaban J connectivity index is 1.98. The summed E-state index contributed by atoms with van der Waals surface area (Å²) in [6, 6.07) is -0.401. The molecule has 3 unspecified atom stereocenters. The summed E-state index contributed by atoms with van der Waals surface area (Å²) in [6.45, 7) is 4.67. The first kappa shape index (κ1) is 25.3. The molecule has 10 nitrogen and oxygen atoms in total. The van der Waals surface area contributed by atoms with Crippen LogP contribution in [0, 0.1) is 6.92 Å². The minimum absolute atomic E-state index is 0.0148. The van der Waals surface area contributed by atoms with Crippen molar-refractivity contribution in [2.75, 3.05) is 45.7 Å². The van der Waals surface area contributed by atoms with Gasteiger partial charge in [0, 0.05) is 32.2 Å². The van der Waals surface area contributed by atoms with E-state index in [-0.39, 0.29) is 17.5 Å². The van der Waals surface area contributed by atoms with Crippen LogP contribution in [0.1, 0.15) is 50.5 Å². The normalized spacial score (nSPS) is 24.4. The Morgan fingerprint density at radius 3 is 2.52 bits per heavy atom. The maximum atomic E-state index is 13.4. The van der Waals surface area contributed by atoms with Gasteiger partial charge in [0.15, 0.2) is 5.69 Å². The Labute approximate surface area is 196 Å². The standard InChI is InChI=1S/C23H39N7O3/c1-16-20(27-26-18-15-17(25-24-2)9-10-19(18)31)22(32)30(14-8-11-28(3)4)23(33)21(16)29-12-6-5-7-13-29/h17-19,31-32H,5-15H2,1-4H3. The van der Waals surface area contributed by atoms with Crippen LogP contribution in [0.25, 0.3) is 0 Å². The van der Waals surface area contributed by atoms with Gasteiger partial charge in [-0.15, -0.1) is 5.11 Å². The fourth-order valence-corrected chi connectivity index (χ4v) is 4.79. The van der Waals surface area contributed by atoms with E-state index in [1.807, 2.05) is 21.0 Å². The van der Waals surface area contributed by atoms with Crippen molar-refractivity contribution in [3.8, 4) is 5.88 Å². The molecule has 2 aliphatic rings. The number of aromatic nitrogens is 1. The van der Waals surface area contributed by atoms with Crippen molar-refractivity contribution in [3.05, 3.63) is 15.9 Å². The number of piperidine rings is 1. The third kappa shape index (κ3) is 6.17.